The van der Waals surface area contributed by atoms with E-state index in [9.17, 15) is 9.59 Å². The van der Waals surface area contributed by atoms with E-state index in [0.717, 1.165) is 30.6 Å². The topological polar surface area (TPSA) is 72.6 Å². The molecule has 2 unspecified atom stereocenters. The van der Waals surface area contributed by atoms with Gasteiger partial charge in [0.15, 0.2) is 0 Å². The van der Waals surface area contributed by atoms with Crippen molar-refractivity contribution in [2.24, 2.45) is 17.6 Å². The second-order valence-corrected chi connectivity index (χ2v) is 5.67. The van der Waals surface area contributed by atoms with Gasteiger partial charge in [-0.05, 0) is 30.5 Å². The summed E-state index contributed by atoms with van der Waals surface area (Å²) in [7, 11) is 0. The summed E-state index contributed by atoms with van der Waals surface area (Å²) < 4.78 is 5.63. The average Bonchev–Trinajstić information content (AvgIpc) is 3.07. The first-order chi connectivity index (χ1) is 10.2. The minimum absolute atomic E-state index is 0.0122. The predicted molar refractivity (Wildman–Crippen MR) is 77.4 cm³/mol. The first-order valence-corrected chi connectivity index (χ1v) is 7.47. The molecule has 1 heterocycles. The number of carbonyl (C=O) groups excluding carboxylic acids is 2. The normalized spacial score (nSPS) is 24.5. The van der Waals surface area contributed by atoms with Gasteiger partial charge in [0.1, 0.15) is 12.4 Å². The summed E-state index contributed by atoms with van der Waals surface area (Å²) in [4.78, 5) is 25.7. The van der Waals surface area contributed by atoms with Crippen LogP contribution in [0.5, 0.6) is 5.75 Å². The van der Waals surface area contributed by atoms with Gasteiger partial charge in [0.05, 0.1) is 18.4 Å². The molecule has 0 radical (unpaired) electrons. The summed E-state index contributed by atoms with van der Waals surface area (Å²) in [6.07, 6.45) is 2.69. The number of ether oxygens (including phenoxy) is 1. The van der Waals surface area contributed by atoms with Crippen molar-refractivity contribution >= 4 is 11.8 Å². The SMILES string of the molecule is NCc1cccc(OCCN2C(=O)C3CCCC3C2=O)c1. The van der Waals surface area contributed by atoms with Crippen LogP contribution in [0.3, 0.4) is 0 Å². The summed E-state index contributed by atoms with van der Waals surface area (Å²) >= 11 is 0. The molecule has 0 aromatic heterocycles. The van der Waals surface area contributed by atoms with Crippen molar-refractivity contribution in [1.82, 2.24) is 4.90 Å². The highest BCUT2D eigenvalue weighted by Gasteiger charge is 2.49. The quantitative estimate of drug-likeness (QED) is 0.829. The third-order valence-electron chi connectivity index (χ3n) is 4.40. The minimum Gasteiger partial charge on any atom is -0.492 e. The Bertz CT molecular complexity index is 536. The van der Waals surface area contributed by atoms with Crippen molar-refractivity contribution in [3.63, 3.8) is 0 Å². The second kappa shape index (κ2) is 5.85. The molecule has 1 saturated carbocycles. The van der Waals surface area contributed by atoms with E-state index >= 15 is 0 Å². The number of carbonyl (C=O) groups is 2. The zero-order valence-electron chi connectivity index (χ0n) is 12.0. The van der Waals surface area contributed by atoms with E-state index in [-0.39, 0.29) is 23.7 Å². The summed E-state index contributed by atoms with van der Waals surface area (Å²) in [5.74, 6) is 0.553. The van der Waals surface area contributed by atoms with Gasteiger partial charge in [-0.3, -0.25) is 14.5 Å². The molecule has 1 saturated heterocycles. The van der Waals surface area contributed by atoms with Crippen LogP contribution in [0.4, 0.5) is 0 Å². The molecule has 2 amide bonds. The maximum absolute atomic E-state index is 12.2. The molecule has 2 fully saturated rings. The van der Waals surface area contributed by atoms with E-state index in [0.29, 0.717) is 19.7 Å². The van der Waals surface area contributed by atoms with Gasteiger partial charge >= 0.3 is 0 Å². The maximum atomic E-state index is 12.2. The molecule has 2 atom stereocenters. The zero-order valence-corrected chi connectivity index (χ0v) is 12.0. The van der Waals surface area contributed by atoms with Crippen LogP contribution in [0.2, 0.25) is 0 Å². The number of rotatable bonds is 5. The van der Waals surface area contributed by atoms with Crippen LogP contribution in [0, 0.1) is 11.8 Å². The average molecular weight is 288 g/mol. The standard InChI is InChI=1S/C16H20N2O3/c17-10-11-3-1-4-12(9-11)21-8-7-18-15(19)13-5-2-6-14(13)16(18)20/h1,3-4,9,13-14H,2,5-8,10,17H2. The fourth-order valence-electron chi connectivity index (χ4n) is 3.30. The highest BCUT2D eigenvalue weighted by molar-refractivity contribution is 6.05. The van der Waals surface area contributed by atoms with Crippen LogP contribution in [0.1, 0.15) is 24.8 Å². The van der Waals surface area contributed by atoms with Gasteiger partial charge in [0, 0.05) is 6.54 Å². The number of nitrogens with two attached hydrogens (primary N) is 1. The highest BCUT2D eigenvalue weighted by Crippen LogP contribution is 2.39. The summed E-state index contributed by atoms with van der Waals surface area (Å²) in [5, 5.41) is 0. The minimum atomic E-state index is -0.0712. The van der Waals surface area contributed by atoms with Gasteiger partial charge in [-0.1, -0.05) is 18.6 Å². The van der Waals surface area contributed by atoms with Crippen molar-refractivity contribution in [1.29, 1.82) is 0 Å². The fraction of sp³-hybridized carbons (Fsp3) is 0.500. The lowest BCUT2D eigenvalue weighted by Gasteiger charge is -2.16. The Hall–Kier alpha value is -1.88. The number of hydrogen-bond acceptors (Lipinski definition) is 4. The van der Waals surface area contributed by atoms with Crippen molar-refractivity contribution < 1.29 is 14.3 Å². The molecular formula is C16H20N2O3. The Labute approximate surface area is 124 Å². The third kappa shape index (κ3) is 2.65. The third-order valence-corrected chi connectivity index (χ3v) is 4.40. The first kappa shape index (κ1) is 14.1. The van der Waals surface area contributed by atoms with Crippen molar-refractivity contribution in [3.05, 3.63) is 29.8 Å². The van der Waals surface area contributed by atoms with Crippen LogP contribution in [-0.4, -0.2) is 29.9 Å². The molecule has 1 aromatic carbocycles. The predicted octanol–water partition coefficient (Wildman–Crippen LogP) is 1.31. The Morgan fingerprint density at radius 3 is 2.57 bits per heavy atom. The Morgan fingerprint density at radius 1 is 1.19 bits per heavy atom. The van der Waals surface area contributed by atoms with Crippen molar-refractivity contribution in [3.8, 4) is 5.75 Å². The van der Waals surface area contributed by atoms with Crippen LogP contribution in [0.15, 0.2) is 24.3 Å². The van der Waals surface area contributed by atoms with Gasteiger partial charge in [-0.15, -0.1) is 0 Å². The molecular weight excluding hydrogens is 268 g/mol. The van der Waals surface area contributed by atoms with E-state index in [1.54, 1.807) is 0 Å². The Kier molecular flexibility index (Phi) is 3.92. The number of fused-ring (bicyclic) bond motifs is 1. The molecule has 3 rings (SSSR count). The Balaban J connectivity index is 1.56. The Morgan fingerprint density at radius 2 is 1.90 bits per heavy atom. The lowest BCUT2D eigenvalue weighted by Crippen LogP contribution is -2.35. The van der Waals surface area contributed by atoms with E-state index in [1.165, 1.54) is 4.90 Å². The van der Waals surface area contributed by atoms with E-state index < -0.39 is 0 Å². The molecule has 1 aromatic rings. The van der Waals surface area contributed by atoms with Gasteiger partial charge < -0.3 is 10.5 Å². The summed E-state index contributed by atoms with van der Waals surface area (Å²) in [6.45, 7) is 1.12. The van der Waals surface area contributed by atoms with Crippen LogP contribution >= 0.6 is 0 Å². The van der Waals surface area contributed by atoms with Gasteiger partial charge in [-0.25, -0.2) is 0 Å². The fourth-order valence-corrected chi connectivity index (χ4v) is 3.30. The van der Waals surface area contributed by atoms with Crippen molar-refractivity contribution in [2.45, 2.75) is 25.8 Å². The molecule has 1 aliphatic heterocycles. The van der Waals surface area contributed by atoms with Gasteiger partial charge in [-0.2, -0.15) is 0 Å². The van der Waals surface area contributed by atoms with Crippen LogP contribution in [0.25, 0.3) is 0 Å². The van der Waals surface area contributed by atoms with E-state index in [2.05, 4.69) is 0 Å². The highest BCUT2D eigenvalue weighted by atomic mass is 16.5. The molecule has 5 nitrogen and oxygen atoms in total. The molecule has 5 heteroatoms. The number of amides is 2. The first-order valence-electron chi connectivity index (χ1n) is 7.47. The number of imide groups is 1. The second-order valence-electron chi connectivity index (χ2n) is 5.67. The summed E-state index contributed by atoms with van der Waals surface area (Å²) in [6, 6.07) is 7.54. The van der Waals surface area contributed by atoms with Crippen LogP contribution in [-0.2, 0) is 16.1 Å². The van der Waals surface area contributed by atoms with Crippen LogP contribution < -0.4 is 10.5 Å². The van der Waals surface area contributed by atoms with Gasteiger partial charge in [0.25, 0.3) is 0 Å². The van der Waals surface area contributed by atoms with E-state index in [4.69, 9.17) is 10.5 Å². The largest absolute Gasteiger partial charge is 0.492 e. The number of hydrogen-bond donors (Lipinski definition) is 1. The molecule has 2 N–H and O–H groups in total. The van der Waals surface area contributed by atoms with E-state index in [1.807, 2.05) is 24.3 Å². The zero-order chi connectivity index (χ0) is 14.8. The number of likely N-dealkylation sites (tertiary alicyclic amines) is 1. The molecule has 2 aliphatic rings. The van der Waals surface area contributed by atoms with Crippen molar-refractivity contribution in [2.75, 3.05) is 13.2 Å². The molecule has 0 bridgehead atoms. The lowest BCUT2D eigenvalue weighted by atomic mass is 10.00. The smallest absolute Gasteiger partial charge is 0.233 e. The monoisotopic (exact) mass is 288 g/mol. The maximum Gasteiger partial charge on any atom is 0.233 e. The molecule has 21 heavy (non-hydrogen) atoms. The molecule has 0 spiro atoms. The van der Waals surface area contributed by atoms with Gasteiger partial charge in [0.2, 0.25) is 11.8 Å². The molecule has 112 valence electrons. The number of benzene rings is 1. The molecule has 1 aliphatic carbocycles. The number of nitrogens with zero attached hydrogens (tertiary/aromatic N) is 1. The lowest BCUT2D eigenvalue weighted by molar-refractivity contribution is -0.140. The summed E-state index contributed by atoms with van der Waals surface area (Å²) in [5.41, 5.74) is 6.58.